The van der Waals surface area contributed by atoms with Gasteiger partial charge in [0.05, 0.1) is 0 Å². The smallest absolute Gasteiger partial charge is 0.151 e. The van der Waals surface area contributed by atoms with Crippen LogP contribution in [0.5, 0.6) is 0 Å². The third-order valence-electron chi connectivity index (χ3n) is 4.26. The summed E-state index contributed by atoms with van der Waals surface area (Å²) in [6.45, 7) is 7.76. The molecule has 1 nitrogen and oxygen atoms in total. The lowest BCUT2D eigenvalue weighted by atomic mass is 9.88. The Kier molecular flexibility index (Phi) is 4.12. The Morgan fingerprint density at radius 1 is 1.09 bits per heavy atom. The van der Waals surface area contributed by atoms with Gasteiger partial charge in [0.2, 0.25) is 0 Å². The molecule has 0 fully saturated rings. The topological polar surface area (TPSA) is 17.1 Å². The highest BCUT2D eigenvalue weighted by molar-refractivity contribution is 9.10. The van der Waals surface area contributed by atoms with Gasteiger partial charge in [-0.2, -0.15) is 0 Å². The number of allylic oxidation sites excluding steroid dienone is 2. The lowest BCUT2D eigenvalue weighted by Gasteiger charge is -2.18. The van der Waals surface area contributed by atoms with Gasteiger partial charge < -0.3 is 0 Å². The number of hydrogen-bond donors (Lipinski definition) is 0. The summed E-state index contributed by atoms with van der Waals surface area (Å²) in [5, 5.41) is 0. The fourth-order valence-electron chi connectivity index (χ4n) is 3.36. The molecule has 0 radical (unpaired) electrons. The molecule has 0 N–H and O–H groups in total. The van der Waals surface area contributed by atoms with Crippen molar-refractivity contribution < 1.29 is 4.79 Å². The maximum absolute atomic E-state index is 11.7. The van der Waals surface area contributed by atoms with Crippen LogP contribution in [-0.2, 0) is 19.3 Å². The second-order valence-corrected chi connectivity index (χ2v) is 6.27. The van der Waals surface area contributed by atoms with Crippen LogP contribution in [0.3, 0.4) is 0 Å². The largest absolute Gasteiger partial charge is 0.298 e. The summed E-state index contributed by atoms with van der Waals surface area (Å²) in [5.41, 5.74) is 8.06. The number of fused-ring (bicyclic) bond motifs is 3. The first-order valence-electron chi connectivity index (χ1n) is 7.34. The zero-order valence-electron chi connectivity index (χ0n) is 12.4. The summed E-state index contributed by atoms with van der Waals surface area (Å²) in [7, 11) is 0. The van der Waals surface area contributed by atoms with E-state index in [9.17, 15) is 4.79 Å². The van der Waals surface area contributed by atoms with Gasteiger partial charge in [-0.15, -0.1) is 13.2 Å². The van der Waals surface area contributed by atoms with E-state index in [0.29, 0.717) is 0 Å². The molecule has 2 aromatic carbocycles. The highest BCUT2D eigenvalue weighted by atomic mass is 79.9. The lowest BCUT2D eigenvalue weighted by molar-refractivity contribution is 0.112. The van der Waals surface area contributed by atoms with Crippen molar-refractivity contribution >= 4 is 22.2 Å². The number of carbonyl (C=O) groups excluding carboxylic acids is 1. The summed E-state index contributed by atoms with van der Waals surface area (Å²) in [6, 6.07) is 8.40. The van der Waals surface area contributed by atoms with Crippen LogP contribution in [0, 0.1) is 0 Å². The summed E-state index contributed by atoms with van der Waals surface area (Å²) in [4.78, 5) is 11.7. The van der Waals surface area contributed by atoms with Crippen LogP contribution >= 0.6 is 15.9 Å². The molecule has 0 saturated carbocycles. The Balaban J connectivity index is 2.41. The van der Waals surface area contributed by atoms with Crippen LogP contribution < -0.4 is 0 Å². The van der Waals surface area contributed by atoms with E-state index in [2.05, 4.69) is 53.4 Å². The van der Waals surface area contributed by atoms with Crippen LogP contribution in [0.4, 0.5) is 0 Å². The summed E-state index contributed by atoms with van der Waals surface area (Å²) in [6.07, 6.45) is 7.12. The average Bonchev–Trinajstić information content (AvgIpc) is 2.90. The van der Waals surface area contributed by atoms with Crippen molar-refractivity contribution in [3.63, 3.8) is 0 Å². The zero-order valence-corrected chi connectivity index (χ0v) is 13.9. The van der Waals surface area contributed by atoms with Crippen LogP contribution in [0.25, 0.3) is 11.1 Å². The molecule has 0 unspecified atom stereocenters. The normalized spacial score (nSPS) is 11.7. The van der Waals surface area contributed by atoms with Gasteiger partial charge in [0.1, 0.15) is 0 Å². The van der Waals surface area contributed by atoms with Gasteiger partial charge in [0.25, 0.3) is 0 Å². The van der Waals surface area contributed by atoms with Crippen LogP contribution in [0.2, 0.25) is 0 Å². The molecular weight excluding hydrogens is 336 g/mol. The molecule has 0 atom stereocenters. The second kappa shape index (κ2) is 6.05. The maximum Gasteiger partial charge on any atom is 0.151 e. The van der Waals surface area contributed by atoms with E-state index in [4.69, 9.17) is 0 Å². The summed E-state index contributed by atoms with van der Waals surface area (Å²) in [5.74, 6) is 0. The SMILES string of the molecule is C=CCc1c(Br)c(C=O)c2c(c1CC=C)-c1ccccc1C2. The molecule has 1 aliphatic carbocycles. The average molecular weight is 353 g/mol. The van der Waals surface area contributed by atoms with E-state index in [-0.39, 0.29) is 0 Å². The minimum absolute atomic E-state index is 0.736. The lowest BCUT2D eigenvalue weighted by Crippen LogP contribution is -2.04. The second-order valence-electron chi connectivity index (χ2n) is 5.48. The predicted octanol–water partition coefficient (Wildman–Crippen LogP) is 5.29. The molecule has 0 aromatic heterocycles. The Morgan fingerprint density at radius 3 is 2.45 bits per heavy atom. The molecule has 2 aromatic rings. The number of carbonyl (C=O) groups is 1. The first-order chi connectivity index (χ1) is 10.7. The molecule has 0 heterocycles. The van der Waals surface area contributed by atoms with Crippen molar-refractivity contribution in [3.8, 4) is 11.1 Å². The van der Waals surface area contributed by atoms with Gasteiger partial charge >= 0.3 is 0 Å². The molecule has 0 bridgehead atoms. The van der Waals surface area contributed by atoms with E-state index in [0.717, 1.165) is 46.7 Å². The van der Waals surface area contributed by atoms with Crippen molar-refractivity contribution in [3.05, 3.63) is 81.9 Å². The van der Waals surface area contributed by atoms with Gasteiger partial charge in [-0.1, -0.05) is 36.4 Å². The Hall–Kier alpha value is -1.93. The third kappa shape index (κ3) is 2.19. The van der Waals surface area contributed by atoms with Crippen LogP contribution in [0.1, 0.15) is 32.6 Å². The predicted molar refractivity (Wildman–Crippen MR) is 95.6 cm³/mol. The number of rotatable bonds is 5. The van der Waals surface area contributed by atoms with Gasteiger partial charge in [-0.3, -0.25) is 4.79 Å². The van der Waals surface area contributed by atoms with Gasteiger partial charge in [-0.25, -0.2) is 0 Å². The van der Waals surface area contributed by atoms with Gasteiger partial charge in [-0.05, 0) is 68.6 Å². The Bertz CT molecular complexity index is 787. The van der Waals surface area contributed by atoms with E-state index in [1.807, 2.05) is 12.2 Å². The standard InChI is InChI=1S/C20H17BrO/c1-3-7-15-16(8-4-2)20(21)18(12-22)17-11-13-9-5-6-10-14(13)19(15)17/h3-6,9-10,12H,1-2,7-8,11H2. The first kappa shape index (κ1) is 15.0. The molecule has 0 aliphatic heterocycles. The fraction of sp³-hybridized carbons (Fsp3) is 0.150. The van der Waals surface area contributed by atoms with Crippen molar-refractivity contribution in [2.45, 2.75) is 19.3 Å². The molecular formula is C20H17BrO. The zero-order chi connectivity index (χ0) is 15.7. The number of benzene rings is 2. The highest BCUT2D eigenvalue weighted by Crippen LogP contribution is 2.45. The van der Waals surface area contributed by atoms with Crippen molar-refractivity contribution in [2.75, 3.05) is 0 Å². The number of hydrogen-bond acceptors (Lipinski definition) is 1. The summed E-state index contributed by atoms with van der Waals surface area (Å²) >= 11 is 3.65. The number of aldehydes is 1. The van der Waals surface area contributed by atoms with Gasteiger partial charge in [0, 0.05) is 10.0 Å². The van der Waals surface area contributed by atoms with Crippen molar-refractivity contribution in [1.29, 1.82) is 0 Å². The molecule has 2 heteroatoms. The monoisotopic (exact) mass is 352 g/mol. The molecule has 3 rings (SSSR count). The molecule has 0 saturated heterocycles. The van der Waals surface area contributed by atoms with Crippen LogP contribution in [-0.4, -0.2) is 6.29 Å². The van der Waals surface area contributed by atoms with E-state index in [1.165, 1.54) is 22.3 Å². The third-order valence-corrected chi connectivity index (χ3v) is 5.17. The highest BCUT2D eigenvalue weighted by Gasteiger charge is 2.27. The first-order valence-corrected chi connectivity index (χ1v) is 8.13. The molecule has 110 valence electrons. The number of halogens is 1. The molecule has 1 aliphatic rings. The molecule has 22 heavy (non-hydrogen) atoms. The maximum atomic E-state index is 11.7. The minimum atomic E-state index is 0.736. The Labute approximate surface area is 139 Å². The van der Waals surface area contributed by atoms with E-state index < -0.39 is 0 Å². The van der Waals surface area contributed by atoms with Crippen molar-refractivity contribution in [2.24, 2.45) is 0 Å². The Morgan fingerprint density at radius 2 is 1.77 bits per heavy atom. The quantitative estimate of drug-likeness (QED) is 0.450. The molecule has 0 spiro atoms. The molecule has 0 amide bonds. The minimum Gasteiger partial charge on any atom is -0.298 e. The summed E-state index contributed by atoms with van der Waals surface area (Å²) < 4.78 is 0.908. The fourth-order valence-corrected chi connectivity index (χ4v) is 4.10. The van der Waals surface area contributed by atoms with E-state index in [1.54, 1.807) is 0 Å². The van der Waals surface area contributed by atoms with Crippen LogP contribution in [0.15, 0.2) is 54.0 Å². The van der Waals surface area contributed by atoms with E-state index >= 15 is 0 Å². The van der Waals surface area contributed by atoms with Gasteiger partial charge in [0.15, 0.2) is 6.29 Å². The van der Waals surface area contributed by atoms with Crippen molar-refractivity contribution in [1.82, 2.24) is 0 Å².